The third-order valence-electron chi connectivity index (χ3n) is 2.70. The highest BCUT2D eigenvalue weighted by Gasteiger charge is 2.13. The molecule has 0 atom stereocenters. The summed E-state index contributed by atoms with van der Waals surface area (Å²) in [7, 11) is 1.72. The molecule has 0 fully saturated rings. The van der Waals surface area contributed by atoms with Gasteiger partial charge in [-0.2, -0.15) is 0 Å². The molecule has 0 aliphatic heterocycles. The van der Waals surface area contributed by atoms with Crippen molar-refractivity contribution in [3.05, 3.63) is 53.9 Å². The Balaban J connectivity index is 2.15. The predicted octanol–water partition coefficient (Wildman–Crippen LogP) is 1.52. The minimum absolute atomic E-state index is 0.135. The molecule has 1 aromatic heterocycles. The van der Waals surface area contributed by atoms with E-state index in [0.29, 0.717) is 23.5 Å². The number of anilines is 2. The number of rotatable bonds is 3. The molecule has 1 amide bonds. The van der Waals surface area contributed by atoms with E-state index < -0.39 is 0 Å². The van der Waals surface area contributed by atoms with E-state index in [0.717, 1.165) is 5.69 Å². The van der Waals surface area contributed by atoms with Crippen molar-refractivity contribution in [2.24, 2.45) is 0 Å². The molecule has 0 aliphatic carbocycles. The Labute approximate surface area is 111 Å². The Bertz CT molecular complexity index is 563. The van der Waals surface area contributed by atoms with Gasteiger partial charge in [0.15, 0.2) is 0 Å². The number of pyridine rings is 1. The molecule has 5 nitrogen and oxygen atoms in total. The number of nitrogens with zero attached hydrogens (tertiary/aromatic N) is 2. The van der Waals surface area contributed by atoms with Crippen LogP contribution in [-0.2, 0) is 6.54 Å². The topological polar surface area (TPSA) is 85.2 Å². The summed E-state index contributed by atoms with van der Waals surface area (Å²) < 4.78 is 0. The number of benzene rings is 1. The Morgan fingerprint density at radius 3 is 2.47 bits per heavy atom. The van der Waals surface area contributed by atoms with Gasteiger partial charge >= 0.3 is 0 Å². The summed E-state index contributed by atoms with van der Waals surface area (Å²) in [4.78, 5) is 18.0. The molecule has 0 saturated heterocycles. The fourth-order valence-electron chi connectivity index (χ4n) is 1.83. The first kappa shape index (κ1) is 12.9. The van der Waals surface area contributed by atoms with E-state index in [1.165, 1.54) is 0 Å². The molecule has 0 saturated carbocycles. The van der Waals surface area contributed by atoms with Gasteiger partial charge in [0.1, 0.15) is 0 Å². The lowest BCUT2D eigenvalue weighted by Gasteiger charge is -2.17. The average Bonchev–Trinajstić information content (AvgIpc) is 2.37. The summed E-state index contributed by atoms with van der Waals surface area (Å²) in [6, 6.07) is 10.5. The molecule has 19 heavy (non-hydrogen) atoms. The average molecular weight is 256 g/mol. The number of nitrogen functional groups attached to an aromatic ring is 2. The van der Waals surface area contributed by atoms with Gasteiger partial charge in [0.2, 0.25) is 0 Å². The van der Waals surface area contributed by atoms with E-state index in [4.69, 9.17) is 11.5 Å². The Hall–Kier alpha value is -2.56. The van der Waals surface area contributed by atoms with Crippen LogP contribution in [0.25, 0.3) is 0 Å². The van der Waals surface area contributed by atoms with Crippen LogP contribution in [0.4, 0.5) is 11.4 Å². The monoisotopic (exact) mass is 256 g/mol. The van der Waals surface area contributed by atoms with Crippen LogP contribution < -0.4 is 11.5 Å². The summed E-state index contributed by atoms with van der Waals surface area (Å²) in [6.45, 7) is 0.439. The van der Waals surface area contributed by atoms with E-state index in [1.807, 2.05) is 18.2 Å². The maximum absolute atomic E-state index is 12.2. The summed E-state index contributed by atoms with van der Waals surface area (Å²) >= 11 is 0. The molecule has 5 heteroatoms. The van der Waals surface area contributed by atoms with Crippen molar-refractivity contribution in [3.63, 3.8) is 0 Å². The third kappa shape index (κ3) is 3.22. The van der Waals surface area contributed by atoms with Gasteiger partial charge in [0.25, 0.3) is 5.91 Å². The second-order valence-electron chi connectivity index (χ2n) is 4.37. The predicted molar refractivity (Wildman–Crippen MR) is 75.3 cm³/mol. The minimum Gasteiger partial charge on any atom is -0.399 e. The minimum atomic E-state index is -0.135. The molecular weight excluding hydrogens is 240 g/mol. The van der Waals surface area contributed by atoms with Crippen molar-refractivity contribution in [2.75, 3.05) is 18.5 Å². The SMILES string of the molecule is CN(Cc1ccccn1)C(=O)c1cc(N)cc(N)c1. The number of amides is 1. The maximum Gasteiger partial charge on any atom is 0.254 e. The summed E-state index contributed by atoms with van der Waals surface area (Å²) in [6.07, 6.45) is 1.70. The zero-order valence-corrected chi connectivity index (χ0v) is 10.7. The third-order valence-corrected chi connectivity index (χ3v) is 2.70. The van der Waals surface area contributed by atoms with Gasteiger partial charge in [-0.1, -0.05) is 6.07 Å². The second-order valence-corrected chi connectivity index (χ2v) is 4.37. The van der Waals surface area contributed by atoms with Crippen LogP contribution in [0, 0.1) is 0 Å². The lowest BCUT2D eigenvalue weighted by atomic mass is 10.1. The fraction of sp³-hybridized carbons (Fsp3) is 0.143. The number of hydrogen-bond donors (Lipinski definition) is 2. The number of hydrogen-bond acceptors (Lipinski definition) is 4. The lowest BCUT2D eigenvalue weighted by Crippen LogP contribution is -2.26. The first-order chi connectivity index (χ1) is 9.06. The number of carbonyl (C=O) groups excluding carboxylic acids is 1. The zero-order valence-electron chi connectivity index (χ0n) is 10.7. The van der Waals surface area contributed by atoms with E-state index in [-0.39, 0.29) is 5.91 Å². The number of aromatic nitrogens is 1. The van der Waals surface area contributed by atoms with Gasteiger partial charge in [0, 0.05) is 30.2 Å². The largest absolute Gasteiger partial charge is 0.399 e. The van der Waals surface area contributed by atoms with Crippen molar-refractivity contribution >= 4 is 17.3 Å². The van der Waals surface area contributed by atoms with Crippen molar-refractivity contribution < 1.29 is 4.79 Å². The van der Waals surface area contributed by atoms with Gasteiger partial charge in [-0.25, -0.2) is 0 Å². The van der Waals surface area contributed by atoms with Crippen LogP contribution in [-0.4, -0.2) is 22.8 Å². The van der Waals surface area contributed by atoms with Crippen LogP contribution in [0.15, 0.2) is 42.6 Å². The first-order valence-electron chi connectivity index (χ1n) is 5.87. The Morgan fingerprint density at radius 2 is 1.89 bits per heavy atom. The molecule has 2 rings (SSSR count). The number of carbonyl (C=O) groups is 1. The van der Waals surface area contributed by atoms with Crippen LogP contribution in [0.2, 0.25) is 0 Å². The molecular formula is C14H16N4O. The van der Waals surface area contributed by atoms with Gasteiger partial charge in [-0.3, -0.25) is 9.78 Å². The van der Waals surface area contributed by atoms with Crippen LogP contribution in [0.5, 0.6) is 0 Å². The molecule has 4 N–H and O–H groups in total. The maximum atomic E-state index is 12.2. The van der Waals surface area contributed by atoms with Crippen molar-refractivity contribution in [2.45, 2.75) is 6.54 Å². The summed E-state index contributed by atoms with van der Waals surface area (Å²) in [5, 5.41) is 0. The Morgan fingerprint density at radius 1 is 1.21 bits per heavy atom. The van der Waals surface area contributed by atoms with E-state index in [2.05, 4.69) is 4.98 Å². The molecule has 0 aliphatic rings. The van der Waals surface area contributed by atoms with E-state index in [9.17, 15) is 4.79 Å². The molecule has 1 heterocycles. The normalized spacial score (nSPS) is 10.2. The highest BCUT2D eigenvalue weighted by molar-refractivity contribution is 5.95. The van der Waals surface area contributed by atoms with Crippen molar-refractivity contribution in [3.8, 4) is 0 Å². The Kier molecular flexibility index (Phi) is 3.66. The van der Waals surface area contributed by atoms with Gasteiger partial charge < -0.3 is 16.4 Å². The van der Waals surface area contributed by atoms with E-state index in [1.54, 1.807) is 36.3 Å². The highest BCUT2D eigenvalue weighted by atomic mass is 16.2. The van der Waals surface area contributed by atoms with Crippen LogP contribution in [0.3, 0.4) is 0 Å². The van der Waals surface area contributed by atoms with Crippen LogP contribution >= 0.6 is 0 Å². The van der Waals surface area contributed by atoms with Crippen LogP contribution in [0.1, 0.15) is 16.1 Å². The smallest absolute Gasteiger partial charge is 0.254 e. The van der Waals surface area contributed by atoms with Crippen molar-refractivity contribution in [1.29, 1.82) is 0 Å². The molecule has 1 aromatic carbocycles. The highest BCUT2D eigenvalue weighted by Crippen LogP contribution is 2.15. The molecule has 0 radical (unpaired) electrons. The quantitative estimate of drug-likeness (QED) is 0.815. The number of nitrogens with two attached hydrogens (primary N) is 2. The first-order valence-corrected chi connectivity index (χ1v) is 5.87. The molecule has 98 valence electrons. The molecule has 0 spiro atoms. The molecule has 2 aromatic rings. The van der Waals surface area contributed by atoms with Gasteiger partial charge in [-0.15, -0.1) is 0 Å². The van der Waals surface area contributed by atoms with Gasteiger partial charge in [0.05, 0.1) is 12.2 Å². The second kappa shape index (κ2) is 5.39. The van der Waals surface area contributed by atoms with Gasteiger partial charge in [-0.05, 0) is 30.3 Å². The van der Waals surface area contributed by atoms with E-state index >= 15 is 0 Å². The fourth-order valence-corrected chi connectivity index (χ4v) is 1.83. The summed E-state index contributed by atoms with van der Waals surface area (Å²) in [5.41, 5.74) is 13.6. The zero-order chi connectivity index (χ0) is 13.8. The van der Waals surface area contributed by atoms with Crippen molar-refractivity contribution in [1.82, 2.24) is 9.88 Å². The molecule has 0 bridgehead atoms. The lowest BCUT2D eigenvalue weighted by molar-refractivity contribution is 0.0783. The standard InChI is InChI=1S/C14H16N4O/c1-18(9-13-4-2-3-5-17-13)14(19)10-6-11(15)8-12(16)7-10/h2-8H,9,15-16H2,1H3. The molecule has 0 unspecified atom stereocenters. The summed E-state index contributed by atoms with van der Waals surface area (Å²) in [5.74, 6) is -0.135.